The highest BCUT2D eigenvalue weighted by molar-refractivity contribution is 5.73. The Morgan fingerprint density at radius 1 is 1.21 bits per heavy atom. The van der Waals surface area contributed by atoms with E-state index in [1.54, 1.807) is 4.68 Å². The summed E-state index contributed by atoms with van der Waals surface area (Å²) >= 11 is 0. The number of carboxylic acid groups (broad SMARTS) is 1. The van der Waals surface area contributed by atoms with Crippen molar-refractivity contribution in [2.45, 2.75) is 31.5 Å². The number of aromatic nitrogens is 3. The Hall–Kier alpha value is -2.29. The van der Waals surface area contributed by atoms with E-state index in [0.717, 1.165) is 37.4 Å². The van der Waals surface area contributed by atoms with Gasteiger partial charge in [0.2, 0.25) is 0 Å². The predicted molar refractivity (Wildman–Crippen MR) is 106 cm³/mol. The van der Waals surface area contributed by atoms with E-state index in [0.29, 0.717) is 13.0 Å². The van der Waals surface area contributed by atoms with E-state index in [4.69, 9.17) is 5.11 Å². The van der Waals surface area contributed by atoms with E-state index in [1.165, 1.54) is 18.5 Å². The normalized spacial score (nSPS) is 24.3. The van der Waals surface area contributed by atoms with Crippen molar-refractivity contribution in [3.05, 3.63) is 36.0 Å². The van der Waals surface area contributed by atoms with Crippen LogP contribution in [0.4, 0.5) is 0 Å². The fraction of sp³-hybridized carbons (Fsp3) is 0.550. The summed E-state index contributed by atoms with van der Waals surface area (Å²) in [6, 6.07) is 8.06. The minimum absolute atomic E-state index is 0.0304. The molecule has 0 aliphatic carbocycles. The van der Waals surface area contributed by atoms with Crippen molar-refractivity contribution in [1.29, 1.82) is 0 Å². The smallest absolute Gasteiger partial charge is 0.320 e. The molecule has 0 radical (unpaired) electrons. The lowest BCUT2D eigenvalue weighted by Crippen LogP contribution is -2.29. The van der Waals surface area contributed by atoms with Gasteiger partial charge >= 0.3 is 5.97 Å². The maximum Gasteiger partial charge on any atom is 0.320 e. The average Bonchev–Trinajstić information content (AvgIpc) is 3.32. The SMILES string of the molecule is CN1CCCN(Cc2ccc(-c3cn([C@@H]4CN[C@H](C(=O)O)C4)nn3)cc2)CC1. The largest absolute Gasteiger partial charge is 0.480 e. The van der Waals surface area contributed by atoms with E-state index < -0.39 is 12.0 Å². The Morgan fingerprint density at radius 3 is 2.79 bits per heavy atom. The molecule has 2 aliphatic heterocycles. The van der Waals surface area contributed by atoms with Crippen LogP contribution in [0.2, 0.25) is 0 Å². The minimum atomic E-state index is -0.811. The molecule has 150 valence electrons. The summed E-state index contributed by atoms with van der Waals surface area (Å²) in [5.74, 6) is -0.811. The van der Waals surface area contributed by atoms with Gasteiger partial charge < -0.3 is 15.3 Å². The number of rotatable bonds is 5. The van der Waals surface area contributed by atoms with Gasteiger partial charge in [-0.2, -0.15) is 0 Å². The molecule has 2 N–H and O–H groups in total. The van der Waals surface area contributed by atoms with Crippen LogP contribution in [0.15, 0.2) is 30.5 Å². The maximum atomic E-state index is 11.1. The molecule has 2 atom stereocenters. The van der Waals surface area contributed by atoms with Crippen LogP contribution in [0.25, 0.3) is 11.3 Å². The van der Waals surface area contributed by atoms with E-state index in [9.17, 15) is 4.79 Å². The molecule has 8 heteroatoms. The van der Waals surface area contributed by atoms with Crippen LogP contribution in [0.5, 0.6) is 0 Å². The van der Waals surface area contributed by atoms with Crippen molar-refractivity contribution in [3.8, 4) is 11.3 Å². The van der Waals surface area contributed by atoms with Crippen molar-refractivity contribution >= 4 is 5.97 Å². The van der Waals surface area contributed by atoms with Crippen LogP contribution >= 0.6 is 0 Å². The lowest BCUT2D eigenvalue weighted by atomic mass is 10.1. The number of benzene rings is 1. The van der Waals surface area contributed by atoms with E-state index >= 15 is 0 Å². The highest BCUT2D eigenvalue weighted by atomic mass is 16.4. The molecule has 4 rings (SSSR count). The molecule has 0 bridgehead atoms. The number of likely N-dealkylation sites (N-methyl/N-ethyl adjacent to an activating group) is 1. The lowest BCUT2D eigenvalue weighted by molar-refractivity contribution is -0.139. The van der Waals surface area contributed by atoms with Gasteiger partial charge in [-0.15, -0.1) is 5.10 Å². The molecule has 0 spiro atoms. The fourth-order valence-electron chi connectivity index (χ4n) is 3.99. The third-order valence-corrected chi connectivity index (χ3v) is 5.76. The van der Waals surface area contributed by atoms with E-state index in [1.807, 2.05) is 6.20 Å². The zero-order valence-electron chi connectivity index (χ0n) is 16.3. The highest BCUT2D eigenvalue weighted by Crippen LogP contribution is 2.23. The molecule has 0 saturated carbocycles. The number of hydrogen-bond donors (Lipinski definition) is 2. The summed E-state index contributed by atoms with van der Waals surface area (Å²) in [6.45, 7) is 6.14. The standard InChI is InChI=1S/C20H28N6O2/c1-24-7-2-8-25(10-9-24)13-15-3-5-16(6-4-15)19-14-26(23-22-19)17-11-18(20(27)28)21-12-17/h3-6,14,17-18,21H,2,7-13H2,1H3,(H,27,28)/t17-,18-/m0/s1. The van der Waals surface area contributed by atoms with E-state index in [2.05, 4.69) is 56.7 Å². The van der Waals surface area contributed by atoms with Gasteiger partial charge in [0.1, 0.15) is 11.7 Å². The Labute approximate surface area is 165 Å². The van der Waals surface area contributed by atoms with Crippen molar-refractivity contribution < 1.29 is 9.90 Å². The minimum Gasteiger partial charge on any atom is -0.480 e. The summed E-state index contributed by atoms with van der Waals surface area (Å²) in [5, 5.41) is 20.6. The molecule has 2 fully saturated rings. The fourth-order valence-corrected chi connectivity index (χ4v) is 3.99. The number of carboxylic acids is 1. The topological polar surface area (TPSA) is 86.5 Å². The van der Waals surface area contributed by atoms with Gasteiger partial charge in [-0.3, -0.25) is 9.69 Å². The third-order valence-electron chi connectivity index (χ3n) is 5.76. The first-order chi connectivity index (χ1) is 13.6. The van der Waals surface area contributed by atoms with Crippen LogP contribution in [-0.4, -0.2) is 81.7 Å². The molecular formula is C20H28N6O2. The molecule has 8 nitrogen and oxygen atoms in total. The zero-order valence-corrected chi connectivity index (χ0v) is 16.3. The van der Waals surface area contributed by atoms with Crippen LogP contribution < -0.4 is 5.32 Å². The molecular weight excluding hydrogens is 356 g/mol. The van der Waals surface area contributed by atoms with Crippen LogP contribution in [0.3, 0.4) is 0 Å². The molecule has 2 aliphatic rings. The maximum absolute atomic E-state index is 11.1. The predicted octanol–water partition coefficient (Wildman–Crippen LogP) is 1.07. The van der Waals surface area contributed by atoms with Gasteiger partial charge in [-0.05, 0) is 38.5 Å². The number of carbonyl (C=O) groups is 1. The van der Waals surface area contributed by atoms with Gasteiger partial charge in [-0.25, -0.2) is 4.68 Å². The second-order valence-electron chi connectivity index (χ2n) is 7.90. The summed E-state index contributed by atoms with van der Waals surface area (Å²) in [7, 11) is 2.19. The summed E-state index contributed by atoms with van der Waals surface area (Å²) in [6.07, 6.45) is 3.66. The lowest BCUT2D eigenvalue weighted by Gasteiger charge is -2.20. The summed E-state index contributed by atoms with van der Waals surface area (Å²) < 4.78 is 1.78. The van der Waals surface area contributed by atoms with Crippen LogP contribution in [0, 0.1) is 0 Å². The molecule has 0 unspecified atom stereocenters. The number of aliphatic carboxylic acids is 1. The highest BCUT2D eigenvalue weighted by Gasteiger charge is 2.30. The number of nitrogens with one attached hydrogen (secondary N) is 1. The molecule has 0 amide bonds. The van der Waals surface area contributed by atoms with E-state index in [-0.39, 0.29) is 6.04 Å². The Balaban J connectivity index is 1.38. The quantitative estimate of drug-likeness (QED) is 0.797. The van der Waals surface area contributed by atoms with Gasteiger partial charge in [0.15, 0.2) is 0 Å². The van der Waals surface area contributed by atoms with Crippen LogP contribution in [0.1, 0.15) is 24.4 Å². The molecule has 1 aromatic carbocycles. The van der Waals surface area contributed by atoms with Crippen molar-refractivity contribution in [2.24, 2.45) is 0 Å². The average molecular weight is 384 g/mol. The van der Waals surface area contributed by atoms with Gasteiger partial charge in [0.25, 0.3) is 0 Å². The molecule has 1 aromatic heterocycles. The molecule has 28 heavy (non-hydrogen) atoms. The molecule has 3 heterocycles. The second kappa shape index (κ2) is 8.38. The summed E-state index contributed by atoms with van der Waals surface area (Å²) in [5.41, 5.74) is 3.16. The van der Waals surface area contributed by atoms with Gasteiger partial charge in [0.05, 0.1) is 12.2 Å². The number of nitrogens with zero attached hydrogens (tertiary/aromatic N) is 5. The van der Waals surface area contributed by atoms with Gasteiger partial charge in [0, 0.05) is 31.7 Å². The molecule has 2 aromatic rings. The number of hydrogen-bond acceptors (Lipinski definition) is 6. The first-order valence-corrected chi connectivity index (χ1v) is 9.97. The Bertz CT molecular complexity index is 805. The zero-order chi connectivity index (χ0) is 19.5. The van der Waals surface area contributed by atoms with Crippen molar-refractivity contribution in [1.82, 2.24) is 30.1 Å². The van der Waals surface area contributed by atoms with Crippen LogP contribution in [-0.2, 0) is 11.3 Å². The van der Waals surface area contributed by atoms with Crippen molar-refractivity contribution in [3.63, 3.8) is 0 Å². The first-order valence-electron chi connectivity index (χ1n) is 9.97. The Morgan fingerprint density at radius 2 is 2.04 bits per heavy atom. The first kappa shape index (κ1) is 19.0. The second-order valence-corrected chi connectivity index (χ2v) is 7.90. The van der Waals surface area contributed by atoms with Gasteiger partial charge in [-0.1, -0.05) is 29.5 Å². The third kappa shape index (κ3) is 4.40. The monoisotopic (exact) mass is 384 g/mol. The van der Waals surface area contributed by atoms with Crippen molar-refractivity contribution in [2.75, 3.05) is 39.8 Å². The Kier molecular flexibility index (Phi) is 5.70. The summed E-state index contributed by atoms with van der Waals surface area (Å²) in [4.78, 5) is 16.0. The molecule has 2 saturated heterocycles.